The van der Waals surface area contributed by atoms with E-state index >= 15 is 0 Å². The van der Waals surface area contributed by atoms with E-state index in [9.17, 15) is 4.79 Å². The molecule has 2 fully saturated rings. The molecular weight excluding hydrogens is 210 g/mol. The first-order chi connectivity index (χ1) is 8.36. The summed E-state index contributed by atoms with van der Waals surface area (Å²) in [5.74, 6) is 0.466. The van der Waals surface area contributed by atoms with Crippen molar-refractivity contribution >= 4 is 5.78 Å². The van der Waals surface area contributed by atoms with Crippen LogP contribution in [0, 0.1) is 0 Å². The molecule has 0 amide bonds. The molecule has 0 aromatic carbocycles. The Balaban J connectivity index is 1.84. The van der Waals surface area contributed by atoms with Gasteiger partial charge >= 0.3 is 0 Å². The third-order valence-corrected chi connectivity index (χ3v) is 4.37. The maximum Gasteiger partial charge on any atom is 0.146 e. The van der Waals surface area contributed by atoms with E-state index in [1.165, 1.54) is 57.8 Å². The first-order valence-corrected chi connectivity index (χ1v) is 7.62. The largest absolute Gasteiger partial charge is 0.298 e. The summed E-state index contributed by atoms with van der Waals surface area (Å²) in [6.45, 7) is 1.90. The van der Waals surface area contributed by atoms with Crippen LogP contribution < -0.4 is 0 Å². The number of Topliss-reactive ketones (excluding diaryl/α,β-unsaturated/α-hetero) is 1. The summed E-state index contributed by atoms with van der Waals surface area (Å²) in [5, 5.41) is 0. The summed E-state index contributed by atoms with van der Waals surface area (Å²) in [6.07, 6.45) is 14.4. The second-order valence-corrected chi connectivity index (χ2v) is 5.82. The van der Waals surface area contributed by atoms with Gasteiger partial charge in [-0.05, 0) is 25.8 Å². The number of ketones is 1. The molecule has 17 heavy (non-hydrogen) atoms. The Morgan fingerprint density at radius 2 is 1.41 bits per heavy atom. The zero-order valence-corrected chi connectivity index (χ0v) is 11.1. The molecule has 0 N–H and O–H groups in total. The molecule has 0 bridgehead atoms. The predicted molar refractivity (Wildman–Crippen MR) is 71.2 cm³/mol. The molecule has 0 radical (unpaired) electrons. The first kappa shape index (κ1) is 13.1. The Labute approximate surface area is 106 Å². The number of hydrogen-bond donors (Lipinski definition) is 0. The fourth-order valence-electron chi connectivity index (χ4n) is 3.33. The molecule has 1 heterocycles. The minimum Gasteiger partial charge on any atom is -0.298 e. The van der Waals surface area contributed by atoms with Gasteiger partial charge in [-0.3, -0.25) is 9.69 Å². The first-order valence-electron chi connectivity index (χ1n) is 7.62. The molecular formula is C15H27NO. The van der Waals surface area contributed by atoms with E-state index in [0.717, 1.165) is 25.9 Å². The monoisotopic (exact) mass is 237 g/mol. The van der Waals surface area contributed by atoms with Gasteiger partial charge in [-0.25, -0.2) is 0 Å². The minimum atomic E-state index is 0.466. The van der Waals surface area contributed by atoms with E-state index in [0.29, 0.717) is 11.8 Å². The molecule has 1 aliphatic carbocycles. The zero-order chi connectivity index (χ0) is 11.9. The van der Waals surface area contributed by atoms with Gasteiger partial charge in [0.2, 0.25) is 0 Å². The second-order valence-electron chi connectivity index (χ2n) is 5.82. The number of likely N-dealkylation sites (tertiary alicyclic amines) is 1. The standard InChI is InChI=1S/C15H27NO/c17-15-11-8-12-16(13-15)14-9-6-4-2-1-3-5-7-10-14/h14H,1-13H2. The summed E-state index contributed by atoms with van der Waals surface area (Å²) in [7, 11) is 0. The van der Waals surface area contributed by atoms with Crippen molar-refractivity contribution in [1.29, 1.82) is 0 Å². The third-order valence-electron chi connectivity index (χ3n) is 4.37. The molecule has 2 heteroatoms. The number of nitrogens with zero attached hydrogens (tertiary/aromatic N) is 1. The lowest BCUT2D eigenvalue weighted by Crippen LogP contribution is -2.43. The van der Waals surface area contributed by atoms with Crippen molar-refractivity contribution in [3.05, 3.63) is 0 Å². The molecule has 0 aromatic heterocycles. The summed E-state index contributed by atoms with van der Waals surface area (Å²) >= 11 is 0. The highest BCUT2D eigenvalue weighted by Gasteiger charge is 2.23. The van der Waals surface area contributed by atoms with Crippen molar-refractivity contribution < 1.29 is 4.79 Å². The van der Waals surface area contributed by atoms with Crippen LogP contribution in [0.4, 0.5) is 0 Å². The Hall–Kier alpha value is -0.370. The van der Waals surface area contributed by atoms with Crippen LogP contribution in [0.3, 0.4) is 0 Å². The van der Waals surface area contributed by atoms with Crippen molar-refractivity contribution in [3.8, 4) is 0 Å². The number of piperidine rings is 1. The maximum atomic E-state index is 11.6. The molecule has 0 aromatic rings. The van der Waals surface area contributed by atoms with E-state index in [4.69, 9.17) is 0 Å². The van der Waals surface area contributed by atoms with Crippen molar-refractivity contribution in [1.82, 2.24) is 4.90 Å². The number of hydrogen-bond acceptors (Lipinski definition) is 2. The molecule has 2 nitrogen and oxygen atoms in total. The van der Waals surface area contributed by atoms with Gasteiger partial charge < -0.3 is 0 Å². The van der Waals surface area contributed by atoms with Gasteiger partial charge in [-0.1, -0.05) is 44.9 Å². The molecule has 1 saturated carbocycles. The third kappa shape index (κ3) is 4.42. The Bertz CT molecular complexity index is 229. The predicted octanol–water partition coefficient (Wildman–Crippen LogP) is 3.54. The van der Waals surface area contributed by atoms with Crippen LogP contribution in [-0.2, 0) is 4.79 Å². The van der Waals surface area contributed by atoms with Gasteiger partial charge in [0.1, 0.15) is 5.78 Å². The van der Waals surface area contributed by atoms with Gasteiger partial charge in [0, 0.05) is 12.5 Å². The van der Waals surface area contributed by atoms with Gasteiger partial charge in [-0.2, -0.15) is 0 Å². The van der Waals surface area contributed by atoms with Crippen LogP contribution >= 0.6 is 0 Å². The van der Waals surface area contributed by atoms with Gasteiger partial charge in [-0.15, -0.1) is 0 Å². The lowest BCUT2D eigenvalue weighted by molar-refractivity contribution is -0.123. The summed E-state index contributed by atoms with van der Waals surface area (Å²) < 4.78 is 0. The molecule has 0 atom stereocenters. The van der Waals surface area contributed by atoms with Crippen LogP contribution in [0.2, 0.25) is 0 Å². The normalized spacial score (nSPS) is 26.9. The quantitative estimate of drug-likeness (QED) is 0.695. The topological polar surface area (TPSA) is 20.3 Å². The van der Waals surface area contributed by atoms with Crippen molar-refractivity contribution in [3.63, 3.8) is 0 Å². The van der Waals surface area contributed by atoms with Gasteiger partial charge in [0.15, 0.2) is 0 Å². The second kappa shape index (κ2) is 7.15. The van der Waals surface area contributed by atoms with Crippen molar-refractivity contribution in [2.45, 2.75) is 76.7 Å². The van der Waals surface area contributed by atoms with Crippen molar-refractivity contribution in [2.75, 3.05) is 13.1 Å². The average molecular weight is 237 g/mol. The van der Waals surface area contributed by atoms with E-state index in [1.54, 1.807) is 0 Å². The lowest BCUT2D eigenvalue weighted by atomic mass is 9.95. The molecule has 1 saturated heterocycles. The summed E-state index contributed by atoms with van der Waals surface area (Å²) in [4.78, 5) is 14.0. The van der Waals surface area contributed by atoms with E-state index in [1.807, 2.05) is 0 Å². The zero-order valence-electron chi connectivity index (χ0n) is 11.1. The maximum absolute atomic E-state index is 11.6. The highest BCUT2D eigenvalue weighted by Crippen LogP contribution is 2.22. The van der Waals surface area contributed by atoms with E-state index in [2.05, 4.69) is 4.90 Å². The minimum absolute atomic E-state index is 0.466. The SMILES string of the molecule is O=C1CCCN(C2CCCCCCCCC2)C1. The smallest absolute Gasteiger partial charge is 0.146 e. The highest BCUT2D eigenvalue weighted by molar-refractivity contribution is 5.81. The van der Waals surface area contributed by atoms with Crippen LogP contribution in [0.5, 0.6) is 0 Å². The number of rotatable bonds is 1. The van der Waals surface area contributed by atoms with E-state index in [-0.39, 0.29) is 0 Å². The number of carbonyl (C=O) groups excluding carboxylic acids is 1. The summed E-state index contributed by atoms with van der Waals surface area (Å²) in [6, 6.07) is 0.706. The Morgan fingerprint density at radius 1 is 0.824 bits per heavy atom. The van der Waals surface area contributed by atoms with Crippen LogP contribution in [0.1, 0.15) is 70.6 Å². The molecule has 2 aliphatic rings. The average Bonchev–Trinajstić information content (AvgIpc) is 2.36. The number of carbonyl (C=O) groups is 1. The fraction of sp³-hybridized carbons (Fsp3) is 0.933. The van der Waals surface area contributed by atoms with Crippen LogP contribution in [-0.4, -0.2) is 29.8 Å². The Morgan fingerprint density at radius 3 is 2.00 bits per heavy atom. The van der Waals surface area contributed by atoms with Gasteiger partial charge in [0.05, 0.1) is 6.54 Å². The molecule has 98 valence electrons. The lowest BCUT2D eigenvalue weighted by Gasteiger charge is -2.34. The fourth-order valence-corrected chi connectivity index (χ4v) is 3.33. The van der Waals surface area contributed by atoms with Crippen LogP contribution in [0.25, 0.3) is 0 Å². The molecule has 2 rings (SSSR count). The summed E-state index contributed by atoms with van der Waals surface area (Å²) in [5.41, 5.74) is 0. The highest BCUT2D eigenvalue weighted by atomic mass is 16.1. The van der Waals surface area contributed by atoms with Gasteiger partial charge in [0.25, 0.3) is 0 Å². The Kier molecular flexibility index (Phi) is 5.50. The van der Waals surface area contributed by atoms with Crippen LogP contribution in [0.15, 0.2) is 0 Å². The van der Waals surface area contributed by atoms with E-state index < -0.39 is 0 Å². The molecule has 1 aliphatic heterocycles. The molecule has 0 unspecified atom stereocenters. The van der Waals surface area contributed by atoms with Crippen molar-refractivity contribution in [2.24, 2.45) is 0 Å². The molecule has 0 spiro atoms.